The Bertz CT molecular complexity index is 1190. The first kappa shape index (κ1) is 19.8. The fourth-order valence-corrected chi connectivity index (χ4v) is 8.00. The van der Waals surface area contributed by atoms with E-state index in [-0.39, 0.29) is 12.4 Å². The van der Waals surface area contributed by atoms with Gasteiger partial charge in [0.2, 0.25) is 0 Å². The van der Waals surface area contributed by atoms with Gasteiger partial charge < -0.3 is 12.4 Å². The number of rotatable bonds is 4. The van der Waals surface area contributed by atoms with Crippen molar-refractivity contribution in [3.8, 4) is 11.4 Å². The summed E-state index contributed by atoms with van der Waals surface area (Å²) in [5, 5.41) is 6.25. The van der Waals surface area contributed by atoms with Crippen LogP contribution in [0.2, 0.25) is 0 Å². The second kappa shape index (κ2) is 8.12. The number of nitrogens with zero attached hydrogens (tertiary/aromatic N) is 2. The average molecular weight is 435 g/mol. The van der Waals surface area contributed by atoms with Crippen molar-refractivity contribution in [2.45, 2.75) is 0 Å². The summed E-state index contributed by atoms with van der Waals surface area (Å²) < 4.78 is 2.20. The Kier molecular flexibility index (Phi) is 5.56. The highest BCUT2D eigenvalue weighted by Gasteiger charge is 2.42. The third-order valence-electron chi connectivity index (χ3n) is 5.33. The highest BCUT2D eigenvalue weighted by molar-refractivity contribution is 7.95. The Morgan fingerprint density at radius 1 is 0.793 bits per heavy atom. The predicted molar refractivity (Wildman–Crippen MR) is 123 cm³/mol. The van der Waals surface area contributed by atoms with Gasteiger partial charge in [0, 0.05) is 11.6 Å². The van der Waals surface area contributed by atoms with Gasteiger partial charge in [0.15, 0.2) is 0 Å². The first-order valence-corrected chi connectivity index (χ1v) is 12.4. The van der Waals surface area contributed by atoms with Gasteiger partial charge in [-0.05, 0) is 36.4 Å². The van der Waals surface area contributed by atoms with Crippen molar-refractivity contribution in [2.24, 2.45) is 0 Å². The molecule has 0 fully saturated rings. The molecule has 0 amide bonds. The fourth-order valence-electron chi connectivity index (χ4n) is 3.87. The van der Waals surface area contributed by atoms with Gasteiger partial charge in [-0.15, -0.1) is 11.3 Å². The van der Waals surface area contributed by atoms with E-state index in [1.54, 1.807) is 11.3 Å². The first-order valence-electron chi connectivity index (χ1n) is 9.27. The molecule has 0 aliphatic carbocycles. The van der Waals surface area contributed by atoms with Crippen LogP contribution in [0.25, 0.3) is 16.2 Å². The van der Waals surface area contributed by atoms with Crippen LogP contribution in [0, 0.1) is 0 Å². The van der Waals surface area contributed by atoms with E-state index in [9.17, 15) is 0 Å². The molecule has 144 valence electrons. The number of thiazole rings is 1. The van der Waals surface area contributed by atoms with E-state index in [1.807, 2.05) is 6.20 Å². The lowest BCUT2D eigenvalue weighted by atomic mass is 10.2. The van der Waals surface area contributed by atoms with E-state index in [0.29, 0.717) is 0 Å². The van der Waals surface area contributed by atoms with Gasteiger partial charge in [-0.1, -0.05) is 48.5 Å². The Morgan fingerprint density at radius 3 is 2.03 bits per heavy atom. The smallest absolute Gasteiger partial charge is 0.149 e. The molecule has 0 unspecified atom stereocenters. The zero-order valence-corrected chi connectivity index (χ0v) is 18.4. The molecular weight excluding hydrogens is 415 g/mol. The average Bonchev–Trinajstić information content (AvgIpc) is 3.38. The largest absolute Gasteiger partial charge is 1.00 e. The molecule has 0 aliphatic rings. The van der Waals surface area contributed by atoms with Gasteiger partial charge in [-0.25, -0.2) is 4.98 Å². The van der Waals surface area contributed by atoms with Crippen LogP contribution in [0.1, 0.15) is 0 Å². The summed E-state index contributed by atoms with van der Waals surface area (Å²) in [6.45, 7) is 2.43. The molecule has 0 saturated carbocycles. The number of hydrogen-bond donors (Lipinski definition) is 0. The molecule has 29 heavy (non-hydrogen) atoms. The summed E-state index contributed by atoms with van der Waals surface area (Å²) in [6, 6.07) is 30.6. The number of imidazole rings is 1. The Morgan fingerprint density at radius 2 is 1.38 bits per heavy atom. The minimum absolute atomic E-state index is 0. The quantitative estimate of drug-likeness (QED) is 0.395. The third-order valence-corrected chi connectivity index (χ3v) is 10.2. The fraction of sp³-hybridized carbons (Fsp3) is 0.0417. The predicted octanol–water partition coefficient (Wildman–Crippen LogP) is 1.99. The van der Waals surface area contributed by atoms with Crippen LogP contribution >= 0.6 is 18.6 Å². The monoisotopic (exact) mass is 434 g/mol. The Labute approximate surface area is 181 Å². The molecule has 3 aromatic carbocycles. The molecule has 0 saturated heterocycles. The molecular formula is C24H20ClN2PS. The van der Waals surface area contributed by atoms with Crippen LogP contribution in [0.5, 0.6) is 0 Å². The van der Waals surface area contributed by atoms with Crippen LogP contribution in [0.4, 0.5) is 0 Å². The van der Waals surface area contributed by atoms with Crippen molar-refractivity contribution in [3.63, 3.8) is 0 Å². The third kappa shape index (κ3) is 3.30. The minimum Gasteiger partial charge on any atom is -1.00 e. The molecule has 0 bridgehead atoms. The van der Waals surface area contributed by atoms with E-state index in [2.05, 4.69) is 108 Å². The molecule has 5 heteroatoms. The molecule has 0 atom stereocenters. The number of hydrogen-bond acceptors (Lipinski definition) is 2. The van der Waals surface area contributed by atoms with Crippen molar-refractivity contribution in [1.82, 2.24) is 9.38 Å². The lowest BCUT2D eigenvalue weighted by Crippen LogP contribution is -3.00. The summed E-state index contributed by atoms with van der Waals surface area (Å²) in [6.07, 6.45) is 4.08. The first-order chi connectivity index (χ1) is 13.8. The lowest BCUT2D eigenvalue weighted by molar-refractivity contribution is -0.00000541. The highest BCUT2D eigenvalue weighted by Crippen LogP contribution is 2.53. The summed E-state index contributed by atoms with van der Waals surface area (Å²) >= 11 is 1.72. The molecule has 5 aromatic rings. The molecule has 2 aromatic heterocycles. The SMILES string of the molecule is C[P+](c1ccccc1)(c1ccccc1)c1ccccc1-c1ncc2sccn12.[Cl-]. The van der Waals surface area contributed by atoms with Crippen LogP contribution < -0.4 is 28.3 Å². The molecule has 0 spiro atoms. The van der Waals surface area contributed by atoms with Gasteiger partial charge in [-0.3, -0.25) is 4.40 Å². The number of fused-ring (bicyclic) bond motifs is 1. The standard InChI is InChI=1S/C24H20N2PS.ClH/c1-27(19-10-4-2-5-11-19,20-12-6-3-7-13-20)22-15-9-8-14-21(22)24-25-18-23-26(24)16-17-28-23;/h2-18H,1H3;1H/q+1;/p-1. The van der Waals surface area contributed by atoms with Crippen molar-refractivity contribution in [3.05, 3.63) is 103 Å². The zero-order valence-electron chi connectivity index (χ0n) is 15.9. The molecule has 0 radical (unpaired) electrons. The van der Waals surface area contributed by atoms with E-state index in [0.717, 1.165) is 5.82 Å². The molecule has 0 N–H and O–H groups in total. The highest BCUT2D eigenvalue weighted by atomic mass is 35.5. The maximum Gasteiger partial charge on any atom is 0.149 e. The van der Waals surface area contributed by atoms with Gasteiger partial charge in [-0.2, -0.15) is 0 Å². The Balaban J connectivity index is 0.00000205. The minimum atomic E-state index is -1.81. The molecule has 2 nitrogen and oxygen atoms in total. The number of benzene rings is 3. The number of aromatic nitrogens is 2. The van der Waals surface area contributed by atoms with Crippen LogP contribution in [0.3, 0.4) is 0 Å². The van der Waals surface area contributed by atoms with Crippen LogP contribution in [-0.4, -0.2) is 16.0 Å². The van der Waals surface area contributed by atoms with E-state index in [1.165, 1.54) is 26.3 Å². The van der Waals surface area contributed by atoms with Crippen LogP contribution in [-0.2, 0) is 0 Å². The molecule has 5 rings (SSSR count). The van der Waals surface area contributed by atoms with E-state index in [4.69, 9.17) is 4.98 Å². The van der Waals surface area contributed by atoms with Gasteiger partial charge in [0.25, 0.3) is 0 Å². The second-order valence-electron chi connectivity index (χ2n) is 6.89. The van der Waals surface area contributed by atoms with Crippen molar-refractivity contribution >= 4 is 39.3 Å². The summed E-state index contributed by atoms with van der Waals surface area (Å²) in [5.74, 6) is 1.02. The summed E-state index contributed by atoms with van der Waals surface area (Å²) in [7, 11) is -1.81. The zero-order chi connectivity index (χ0) is 19.0. The molecule has 2 heterocycles. The van der Waals surface area contributed by atoms with Crippen molar-refractivity contribution in [1.29, 1.82) is 0 Å². The normalized spacial score (nSPS) is 11.3. The van der Waals surface area contributed by atoms with Gasteiger partial charge >= 0.3 is 0 Å². The van der Waals surface area contributed by atoms with Crippen molar-refractivity contribution < 1.29 is 12.4 Å². The van der Waals surface area contributed by atoms with Gasteiger partial charge in [0.1, 0.15) is 33.8 Å². The van der Waals surface area contributed by atoms with E-state index < -0.39 is 7.26 Å². The molecule has 0 aliphatic heterocycles. The number of halogens is 1. The topological polar surface area (TPSA) is 17.3 Å². The van der Waals surface area contributed by atoms with Crippen LogP contribution in [0.15, 0.2) is 103 Å². The second-order valence-corrected chi connectivity index (χ2v) is 11.3. The van der Waals surface area contributed by atoms with E-state index >= 15 is 0 Å². The Hall–Kier alpha value is -2.45. The summed E-state index contributed by atoms with van der Waals surface area (Å²) in [5.41, 5.74) is 1.21. The maximum atomic E-state index is 4.78. The van der Waals surface area contributed by atoms with Crippen molar-refractivity contribution in [2.75, 3.05) is 6.66 Å². The lowest BCUT2D eigenvalue weighted by Gasteiger charge is -2.25. The van der Waals surface area contributed by atoms with Gasteiger partial charge in [0.05, 0.1) is 18.4 Å². The summed E-state index contributed by atoms with van der Waals surface area (Å²) in [4.78, 5) is 5.95. The maximum absolute atomic E-state index is 4.78.